The lowest BCUT2D eigenvalue weighted by molar-refractivity contribution is 0.515. The van der Waals surface area contributed by atoms with E-state index in [1.807, 2.05) is 11.8 Å². The Morgan fingerprint density at radius 3 is 2.75 bits per heavy atom. The number of hydrogen-bond donors (Lipinski definition) is 1. The van der Waals surface area contributed by atoms with Crippen molar-refractivity contribution >= 4 is 39.5 Å². The second-order valence-electron chi connectivity index (χ2n) is 3.92. The van der Waals surface area contributed by atoms with E-state index in [0.717, 1.165) is 11.7 Å². The highest BCUT2D eigenvalue weighted by Crippen LogP contribution is 2.22. The molecule has 1 aliphatic heterocycles. The topological polar surface area (TPSA) is 24.4 Å². The molecule has 1 heterocycles. The Labute approximate surface area is 92.1 Å². The third-order valence-electron chi connectivity index (χ3n) is 1.37. The van der Waals surface area contributed by atoms with Gasteiger partial charge in [-0.3, -0.25) is 4.99 Å². The van der Waals surface area contributed by atoms with E-state index in [9.17, 15) is 0 Å². The number of amidine groups is 1. The van der Waals surface area contributed by atoms with Crippen LogP contribution in [0, 0.1) is 0 Å². The van der Waals surface area contributed by atoms with Gasteiger partial charge in [0.2, 0.25) is 0 Å². The van der Waals surface area contributed by atoms with Crippen LogP contribution in [0.2, 0.25) is 0 Å². The minimum atomic E-state index is 0.145. The quantitative estimate of drug-likeness (QED) is 0.593. The minimum Gasteiger partial charge on any atom is -0.360 e. The second-order valence-corrected chi connectivity index (χ2v) is 6.08. The Morgan fingerprint density at radius 2 is 2.33 bits per heavy atom. The van der Waals surface area contributed by atoms with E-state index >= 15 is 0 Å². The molecule has 0 fully saturated rings. The molecular formula is C8H15IN2S. The maximum Gasteiger partial charge on any atom is 0.157 e. The smallest absolute Gasteiger partial charge is 0.157 e. The lowest BCUT2D eigenvalue weighted by Gasteiger charge is -2.21. The largest absolute Gasteiger partial charge is 0.360 e. The molecule has 12 heavy (non-hydrogen) atoms. The Hall–Kier alpha value is 0.550. The van der Waals surface area contributed by atoms with Crippen LogP contribution in [0.15, 0.2) is 4.99 Å². The van der Waals surface area contributed by atoms with Gasteiger partial charge in [-0.25, -0.2) is 0 Å². The van der Waals surface area contributed by atoms with Crippen LogP contribution in [0.3, 0.4) is 0 Å². The standard InChI is InChI=1S/C8H15IN2S/c1-8(2,3)11-7-10-5-6(4-9)12-7/h6H,4-5H2,1-3H3,(H,10,11)/t6-/m0/s1. The molecule has 1 atom stereocenters. The summed E-state index contributed by atoms with van der Waals surface area (Å²) in [5.74, 6) is 0. The van der Waals surface area contributed by atoms with E-state index in [1.54, 1.807) is 0 Å². The first kappa shape index (κ1) is 10.6. The van der Waals surface area contributed by atoms with E-state index in [4.69, 9.17) is 0 Å². The summed E-state index contributed by atoms with van der Waals surface area (Å²) in [5, 5.41) is 5.20. The first-order valence-electron chi connectivity index (χ1n) is 4.06. The van der Waals surface area contributed by atoms with Crippen LogP contribution in [0.1, 0.15) is 20.8 Å². The molecule has 1 N–H and O–H groups in total. The summed E-state index contributed by atoms with van der Waals surface area (Å²) >= 11 is 4.28. The predicted octanol–water partition coefficient (Wildman–Crippen LogP) is 2.28. The molecule has 0 radical (unpaired) electrons. The van der Waals surface area contributed by atoms with E-state index in [1.165, 1.54) is 4.43 Å². The van der Waals surface area contributed by atoms with Gasteiger partial charge in [0.1, 0.15) is 0 Å². The number of aliphatic imine (C=N–C) groups is 1. The first-order valence-corrected chi connectivity index (χ1v) is 6.47. The Balaban J connectivity index is 2.37. The zero-order valence-electron chi connectivity index (χ0n) is 7.72. The molecule has 0 bridgehead atoms. The average molecular weight is 298 g/mol. The highest BCUT2D eigenvalue weighted by atomic mass is 127. The summed E-state index contributed by atoms with van der Waals surface area (Å²) in [6.07, 6.45) is 0. The summed E-state index contributed by atoms with van der Waals surface area (Å²) in [6.45, 7) is 7.46. The third-order valence-corrected chi connectivity index (χ3v) is 4.14. The number of hydrogen-bond acceptors (Lipinski definition) is 3. The molecule has 2 nitrogen and oxygen atoms in total. The number of rotatable bonds is 1. The molecule has 70 valence electrons. The van der Waals surface area contributed by atoms with Gasteiger partial charge in [-0.15, -0.1) is 0 Å². The number of thioether (sulfide) groups is 1. The summed E-state index contributed by atoms with van der Waals surface area (Å²) in [5.41, 5.74) is 0.145. The normalized spacial score (nSPS) is 24.0. The number of nitrogens with one attached hydrogen (secondary N) is 1. The zero-order valence-corrected chi connectivity index (χ0v) is 10.7. The molecule has 0 saturated carbocycles. The lowest BCUT2D eigenvalue weighted by atomic mass is 10.1. The molecular weight excluding hydrogens is 283 g/mol. The van der Waals surface area contributed by atoms with Gasteiger partial charge in [0.15, 0.2) is 5.17 Å². The van der Waals surface area contributed by atoms with Gasteiger partial charge in [0, 0.05) is 15.2 Å². The second kappa shape index (κ2) is 4.17. The van der Waals surface area contributed by atoms with Crippen LogP contribution in [-0.4, -0.2) is 26.9 Å². The average Bonchev–Trinajstić information content (AvgIpc) is 2.32. The van der Waals surface area contributed by atoms with Gasteiger partial charge in [0.25, 0.3) is 0 Å². The predicted molar refractivity (Wildman–Crippen MR) is 65.5 cm³/mol. The monoisotopic (exact) mass is 298 g/mol. The summed E-state index contributed by atoms with van der Waals surface area (Å²) < 4.78 is 1.18. The van der Waals surface area contributed by atoms with Crippen molar-refractivity contribution in [3.63, 3.8) is 0 Å². The van der Waals surface area contributed by atoms with Crippen LogP contribution in [0.25, 0.3) is 0 Å². The zero-order chi connectivity index (χ0) is 9.19. The van der Waals surface area contributed by atoms with Gasteiger partial charge in [-0.2, -0.15) is 0 Å². The summed E-state index contributed by atoms with van der Waals surface area (Å²) in [7, 11) is 0. The van der Waals surface area contributed by atoms with Crippen LogP contribution >= 0.6 is 34.4 Å². The maximum absolute atomic E-state index is 4.44. The Kier molecular flexibility index (Phi) is 3.70. The van der Waals surface area contributed by atoms with Crippen molar-refractivity contribution in [2.24, 2.45) is 4.99 Å². The van der Waals surface area contributed by atoms with E-state index in [0.29, 0.717) is 5.25 Å². The molecule has 0 saturated heterocycles. The molecule has 0 unspecified atom stereocenters. The van der Waals surface area contributed by atoms with E-state index < -0.39 is 0 Å². The highest BCUT2D eigenvalue weighted by Gasteiger charge is 2.21. The lowest BCUT2D eigenvalue weighted by Crippen LogP contribution is -2.38. The van der Waals surface area contributed by atoms with Crippen molar-refractivity contribution in [1.29, 1.82) is 0 Å². The van der Waals surface area contributed by atoms with Gasteiger partial charge in [0.05, 0.1) is 6.54 Å². The molecule has 0 aromatic carbocycles. The SMILES string of the molecule is CC(C)(C)NC1=NC[C@H](CI)S1. The van der Waals surface area contributed by atoms with Gasteiger partial charge in [-0.1, -0.05) is 34.4 Å². The fourth-order valence-corrected chi connectivity index (χ4v) is 2.75. The van der Waals surface area contributed by atoms with Crippen molar-refractivity contribution in [3.8, 4) is 0 Å². The van der Waals surface area contributed by atoms with E-state index in [-0.39, 0.29) is 5.54 Å². The Morgan fingerprint density at radius 1 is 1.67 bits per heavy atom. The molecule has 0 aliphatic carbocycles. The van der Waals surface area contributed by atoms with Crippen LogP contribution < -0.4 is 5.32 Å². The molecule has 0 spiro atoms. The van der Waals surface area contributed by atoms with Crippen LogP contribution in [0.5, 0.6) is 0 Å². The number of nitrogens with zero attached hydrogens (tertiary/aromatic N) is 1. The van der Waals surface area contributed by atoms with Gasteiger partial charge in [-0.05, 0) is 20.8 Å². The van der Waals surface area contributed by atoms with Crippen LogP contribution in [-0.2, 0) is 0 Å². The fourth-order valence-electron chi connectivity index (χ4n) is 0.887. The van der Waals surface area contributed by atoms with Crippen molar-refractivity contribution < 1.29 is 0 Å². The van der Waals surface area contributed by atoms with Crippen molar-refractivity contribution in [2.75, 3.05) is 11.0 Å². The van der Waals surface area contributed by atoms with Gasteiger partial charge < -0.3 is 5.32 Å². The first-order chi connectivity index (χ1) is 5.51. The maximum atomic E-state index is 4.44. The van der Waals surface area contributed by atoms with Crippen molar-refractivity contribution in [1.82, 2.24) is 5.32 Å². The van der Waals surface area contributed by atoms with Crippen molar-refractivity contribution in [2.45, 2.75) is 31.6 Å². The molecule has 0 aromatic rings. The molecule has 4 heteroatoms. The summed E-state index contributed by atoms with van der Waals surface area (Å²) in [6, 6.07) is 0. The number of alkyl halides is 1. The third kappa shape index (κ3) is 3.51. The van der Waals surface area contributed by atoms with Crippen LogP contribution in [0.4, 0.5) is 0 Å². The van der Waals surface area contributed by atoms with E-state index in [2.05, 4.69) is 53.7 Å². The minimum absolute atomic E-state index is 0.145. The molecule has 0 amide bonds. The molecule has 1 aliphatic rings. The molecule has 0 aromatic heterocycles. The molecule has 1 rings (SSSR count). The number of halogens is 1. The van der Waals surface area contributed by atoms with Crippen molar-refractivity contribution in [3.05, 3.63) is 0 Å². The Bertz CT molecular complexity index is 186. The fraction of sp³-hybridized carbons (Fsp3) is 0.875. The highest BCUT2D eigenvalue weighted by molar-refractivity contribution is 14.1. The summed E-state index contributed by atoms with van der Waals surface area (Å²) in [4.78, 5) is 4.44. The van der Waals surface area contributed by atoms with Gasteiger partial charge >= 0.3 is 0 Å².